The summed E-state index contributed by atoms with van der Waals surface area (Å²) in [5.41, 5.74) is 0.0766. The maximum Gasteiger partial charge on any atom is 0.256 e. The average Bonchev–Trinajstić information content (AvgIpc) is 3.17. The molecule has 2 aromatic heterocycles. The van der Waals surface area contributed by atoms with E-state index in [2.05, 4.69) is 10.1 Å². The van der Waals surface area contributed by atoms with Crippen molar-refractivity contribution in [3.05, 3.63) is 59.9 Å². The summed E-state index contributed by atoms with van der Waals surface area (Å²) in [4.78, 5) is 18.1. The van der Waals surface area contributed by atoms with Gasteiger partial charge in [0.1, 0.15) is 5.82 Å². The minimum atomic E-state index is -0.515. The van der Waals surface area contributed by atoms with Gasteiger partial charge in [-0.1, -0.05) is 17.3 Å². The molecule has 1 fully saturated rings. The molecule has 1 aromatic carbocycles. The predicted molar refractivity (Wildman–Crippen MR) is 77.0 cm³/mol. The van der Waals surface area contributed by atoms with E-state index in [-0.39, 0.29) is 17.4 Å². The van der Waals surface area contributed by atoms with Crippen LogP contribution < -0.4 is 0 Å². The molecule has 3 heterocycles. The highest BCUT2D eigenvalue weighted by Gasteiger charge is 2.36. The van der Waals surface area contributed by atoms with Crippen molar-refractivity contribution < 1.29 is 18.1 Å². The van der Waals surface area contributed by atoms with E-state index < -0.39 is 5.82 Å². The number of halogens is 1. The normalized spacial score (nSPS) is 14.7. The number of rotatable bonds is 3. The molecule has 0 aliphatic carbocycles. The van der Waals surface area contributed by atoms with Gasteiger partial charge in [0.15, 0.2) is 5.76 Å². The fourth-order valence-corrected chi connectivity index (χ4v) is 2.51. The van der Waals surface area contributed by atoms with Gasteiger partial charge < -0.3 is 13.8 Å². The Hall–Kier alpha value is -2.96. The Morgan fingerprint density at radius 2 is 2.04 bits per heavy atom. The monoisotopic (exact) mass is 313 g/mol. The van der Waals surface area contributed by atoms with Crippen molar-refractivity contribution in [2.24, 2.45) is 0 Å². The van der Waals surface area contributed by atoms with Gasteiger partial charge in [-0.3, -0.25) is 4.79 Å². The van der Waals surface area contributed by atoms with E-state index in [0.29, 0.717) is 30.6 Å². The number of hydrogen-bond donors (Lipinski definition) is 0. The second-order valence-electron chi connectivity index (χ2n) is 5.32. The van der Waals surface area contributed by atoms with Crippen molar-refractivity contribution in [3.8, 4) is 11.6 Å². The van der Waals surface area contributed by atoms with Gasteiger partial charge >= 0.3 is 0 Å². The minimum absolute atomic E-state index is 0.0399. The largest absolute Gasteiger partial charge is 0.461 e. The molecule has 1 aliphatic heterocycles. The van der Waals surface area contributed by atoms with Crippen LogP contribution in [0.5, 0.6) is 0 Å². The minimum Gasteiger partial charge on any atom is -0.461 e. The molecule has 1 aliphatic rings. The smallest absolute Gasteiger partial charge is 0.256 e. The molecular formula is C16H12FN3O3. The van der Waals surface area contributed by atoms with Crippen molar-refractivity contribution in [1.82, 2.24) is 15.0 Å². The third kappa shape index (κ3) is 2.40. The number of amides is 1. The number of aromatic nitrogens is 2. The topological polar surface area (TPSA) is 72.4 Å². The van der Waals surface area contributed by atoms with Crippen LogP contribution in [0.2, 0.25) is 0 Å². The first-order valence-corrected chi connectivity index (χ1v) is 7.13. The number of nitrogens with zero attached hydrogens (tertiary/aromatic N) is 3. The maximum atomic E-state index is 13.6. The molecule has 0 unspecified atom stereocenters. The third-order valence-electron chi connectivity index (χ3n) is 3.81. The second kappa shape index (κ2) is 5.35. The lowest BCUT2D eigenvalue weighted by atomic mass is 9.98. The van der Waals surface area contributed by atoms with E-state index in [1.807, 2.05) is 0 Å². The lowest BCUT2D eigenvalue weighted by Gasteiger charge is -2.37. The van der Waals surface area contributed by atoms with E-state index in [0.717, 1.165) is 0 Å². The van der Waals surface area contributed by atoms with Crippen LogP contribution in [-0.2, 0) is 0 Å². The van der Waals surface area contributed by atoms with Gasteiger partial charge in [-0.05, 0) is 24.3 Å². The van der Waals surface area contributed by atoms with Crippen LogP contribution in [0.25, 0.3) is 11.6 Å². The van der Waals surface area contributed by atoms with Gasteiger partial charge in [0.05, 0.1) is 17.7 Å². The van der Waals surface area contributed by atoms with Crippen LogP contribution in [0, 0.1) is 5.82 Å². The van der Waals surface area contributed by atoms with Crippen molar-refractivity contribution in [2.45, 2.75) is 5.92 Å². The standard InChI is InChI=1S/C16H12FN3O3/c17-12-5-2-1-4-11(12)16(21)20-8-10(9-20)15-18-14(19-23-15)13-6-3-7-22-13/h1-7,10H,8-9H2. The summed E-state index contributed by atoms with van der Waals surface area (Å²) in [5, 5.41) is 3.86. The van der Waals surface area contributed by atoms with Gasteiger partial charge in [0.2, 0.25) is 11.7 Å². The summed E-state index contributed by atoms with van der Waals surface area (Å²) in [6.07, 6.45) is 1.53. The van der Waals surface area contributed by atoms with Crippen LogP contribution in [0.3, 0.4) is 0 Å². The van der Waals surface area contributed by atoms with Crippen LogP contribution >= 0.6 is 0 Å². The highest BCUT2D eigenvalue weighted by atomic mass is 19.1. The Balaban J connectivity index is 1.44. The molecule has 116 valence electrons. The maximum absolute atomic E-state index is 13.6. The van der Waals surface area contributed by atoms with Crippen LogP contribution in [0.15, 0.2) is 51.6 Å². The van der Waals surface area contributed by atoms with E-state index in [1.54, 1.807) is 29.2 Å². The zero-order chi connectivity index (χ0) is 15.8. The summed E-state index contributed by atoms with van der Waals surface area (Å²) in [6, 6.07) is 9.43. The highest BCUT2D eigenvalue weighted by molar-refractivity contribution is 5.95. The number of furan rings is 1. The molecule has 0 radical (unpaired) electrons. The molecule has 3 aromatic rings. The lowest BCUT2D eigenvalue weighted by molar-refractivity contribution is 0.0564. The fourth-order valence-electron chi connectivity index (χ4n) is 2.51. The van der Waals surface area contributed by atoms with Crippen LogP contribution in [-0.4, -0.2) is 34.0 Å². The first-order chi connectivity index (χ1) is 11.2. The fraction of sp³-hybridized carbons (Fsp3) is 0.188. The Kier molecular flexibility index (Phi) is 3.18. The van der Waals surface area contributed by atoms with E-state index in [4.69, 9.17) is 8.94 Å². The van der Waals surface area contributed by atoms with Crippen molar-refractivity contribution in [2.75, 3.05) is 13.1 Å². The van der Waals surface area contributed by atoms with E-state index >= 15 is 0 Å². The van der Waals surface area contributed by atoms with Gasteiger partial charge in [-0.2, -0.15) is 4.98 Å². The molecule has 0 bridgehead atoms. The molecule has 0 N–H and O–H groups in total. The van der Waals surface area contributed by atoms with Gasteiger partial charge in [-0.25, -0.2) is 4.39 Å². The SMILES string of the molecule is O=C(c1ccccc1F)N1CC(c2nc(-c3ccco3)no2)C1. The zero-order valence-electron chi connectivity index (χ0n) is 12.0. The third-order valence-corrected chi connectivity index (χ3v) is 3.81. The first kappa shape index (κ1) is 13.7. The Bertz CT molecular complexity index is 838. The molecule has 0 atom stereocenters. The lowest BCUT2D eigenvalue weighted by Crippen LogP contribution is -2.48. The highest BCUT2D eigenvalue weighted by Crippen LogP contribution is 2.29. The quantitative estimate of drug-likeness (QED) is 0.743. The number of likely N-dealkylation sites (tertiary alicyclic amines) is 1. The molecule has 1 amide bonds. The van der Waals surface area contributed by atoms with Crippen LogP contribution in [0.1, 0.15) is 22.2 Å². The molecule has 7 heteroatoms. The van der Waals surface area contributed by atoms with Crippen LogP contribution in [0.4, 0.5) is 4.39 Å². The van der Waals surface area contributed by atoms with Gasteiger partial charge in [0, 0.05) is 13.1 Å². The summed E-state index contributed by atoms with van der Waals surface area (Å²) in [7, 11) is 0. The molecule has 4 rings (SSSR count). The van der Waals surface area contributed by atoms with E-state index in [1.165, 1.54) is 18.4 Å². The predicted octanol–water partition coefficient (Wildman–Crippen LogP) is 2.71. The Morgan fingerprint density at radius 1 is 1.22 bits per heavy atom. The molecule has 23 heavy (non-hydrogen) atoms. The second-order valence-corrected chi connectivity index (χ2v) is 5.32. The number of carbonyl (C=O) groups is 1. The average molecular weight is 313 g/mol. The Morgan fingerprint density at radius 3 is 2.78 bits per heavy atom. The summed E-state index contributed by atoms with van der Waals surface area (Å²) >= 11 is 0. The molecule has 0 saturated carbocycles. The summed E-state index contributed by atoms with van der Waals surface area (Å²) < 4.78 is 24.1. The summed E-state index contributed by atoms with van der Waals surface area (Å²) in [5.74, 6) is 0.474. The molecular weight excluding hydrogens is 301 g/mol. The Labute approximate surface area is 130 Å². The van der Waals surface area contributed by atoms with Crippen molar-refractivity contribution in [3.63, 3.8) is 0 Å². The molecule has 0 spiro atoms. The number of carbonyl (C=O) groups excluding carboxylic acids is 1. The number of benzene rings is 1. The van der Waals surface area contributed by atoms with Gasteiger partial charge in [-0.15, -0.1) is 0 Å². The molecule has 6 nitrogen and oxygen atoms in total. The van der Waals surface area contributed by atoms with Gasteiger partial charge in [0.25, 0.3) is 5.91 Å². The number of hydrogen-bond acceptors (Lipinski definition) is 5. The zero-order valence-corrected chi connectivity index (χ0v) is 12.0. The van der Waals surface area contributed by atoms with Crippen molar-refractivity contribution >= 4 is 5.91 Å². The van der Waals surface area contributed by atoms with Crippen molar-refractivity contribution in [1.29, 1.82) is 0 Å². The molecule has 1 saturated heterocycles. The first-order valence-electron chi connectivity index (χ1n) is 7.13. The summed E-state index contributed by atoms with van der Waals surface area (Å²) in [6.45, 7) is 0.847. The van der Waals surface area contributed by atoms with E-state index in [9.17, 15) is 9.18 Å².